The molecule has 0 bridgehead atoms. The predicted octanol–water partition coefficient (Wildman–Crippen LogP) is 1.59. The van der Waals surface area contributed by atoms with Crippen LogP contribution in [0.3, 0.4) is 0 Å². The van der Waals surface area contributed by atoms with E-state index < -0.39 is 17.7 Å². The molecule has 1 rings (SSSR count). The van der Waals surface area contributed by atoms with E-state index in [9.17, 15) is 9.59 Å². The molecule has 0 unspecified atom stereocenters. The fourth-order valence-corrected chi connectivity index (χ4v) is 1.92. The van der Waals surface area contributed by atoms with Crippen molar-refractivity contribution in [3.63, 3.8) is 0 Å². The molecule has 0 aliphatic rings. The number of nitrogens with one attached hydrogen (secondary N) is 2. The Morgan fingerprint density at radius 3 is 2.39 bits per heavy atom. The van der Waals surface area contributed by atoms with Crippen LogP contribution in [-0.4, -0.2) is 36.2 Å². The average molecular weight is 321 g/mol. The van der Waals surface area contributed by atoms with E-state index in [1.54, 1.807) is 27.7 Å². The number of carbonyl (C=O) groups is 2. The molecule has 6 nitrogen and oxygen atoms in total. The fraction of sp³-hybridized carbons (Fsp3) is 0.529. The molecule has 1 aromatic carbocycles. The van der Waals surface area contributed by atoms with Crippen LogP contribution < -0.4 is 16.4 Å². The number of benzene rings is 1. The molecule has 0 saturated heterocycles. The first-order chi connectivity index (χ1) is 10.7. The van der Waals surface area contributed by atoms with E-state index in [1.165, 1.54) is 0 Å². The van der Waals surface area contributed by atoms with Crippen molar-refractivity contribution in [2.45, 2.75) is 51.8 Å². The molecule has 6 heteroatoms. The lowest BCUT2D eigenvalue weighted by Gasteiger charge is -2.22. The largest absolute Gasteiger partial charge is 0.444 e. The van der Waals surface area contributed by atoms with Gasteiger partial charge in [0, 0.05) is 12.6 Å². The summed E-state index contributed by atoms with van der Waals surface area (Å²) in [4.78, 5) is 23.6. The summed E-state index contributed by atoms with van der Waals surface area (Å²) in [6.07, 6.45) is 0.0587. The Hall–Kier alpha value is -2.08. The standard InChI is InChI=1S/C17H27N3O3/c1-12(20-16(22)23-17(2,3)4)15(21)19-11-14(18)10-13-8-6-5-7-9-13/h5-9,12,14H,10-11,18H2,1-4H3,(H,19,21)(H,20,22)/t12-,14+/m1/s1. The number of rotatable bonds is 6. The van der Waals surface area contributed by atoms with E-state index in [4.69, 9.17) is 10.5 Å². The minimum absolute atomic E-state index is 0.185. The second-order valence-electron chi connectivity index (χ2n) is 6.56. The maximum absolute atomic E-state index is 12.0. The molecule has 0 aromatic heterocycles. The van der Waals surface area contributed by atoms with Crippen molar-refractivity contribution >= 4 is 12.0 Å². The van der Waals surface area contributed by atoms with Gasteiger partial charge in [0.25, 0.3) is 0 Å². The minimum atomic E-state index is -0.686. The van der Waals surface area contributed by atoms with Crippen molar-refractivity contribution in [3.8, 4) is 0 Å². The first-order valence-electron chi connectivity index (χ1n) is 7.74. The van der Waals surface area contributed by atoms with Gasteiger partial charge in [0.05, 0.1) is 0 Å². The first-order valence-corrected chi connectivity index (χ1v) is 7.74. The van der Waals surface area contributed by atoms with E-state index in [0.717, 1.165) is 5.56 Å². The molecule has 1 aromatic rings. The van der Waals surface area contributed by atoms with Gasteiger partial charge in [-0.1, -0.05) is 30.3 Å². The number of ether oxygens (including phenoxy) is 1. The van der Waals surface area contributed by atoms with Crippen LogP contribution in [0.1, 0.15) is 33.3 Å². The van der Waals surface area contributed by atoms with Gasteiger partial charge in [-0.05, 0) is 39.7 Å². The van der Waals surface area contributed by atoms with Crippen molar-refractivity contribution in [1.29, 1.82) is 0 Å². The molecule has 128 valence electrons. The van der Waals surface area contributed by atoms with Crippen LogP contribution in [0.5, 0.6) is 0 Å². The van der Waals surface area contributed by atoms with Gasteiger partial charge >= 0.3 is 6.09 Å². The number of nitrogens with two attached hydrogens (primary N) is 1. The van der Waals surface area contributed by atoms with Crippen LogP contribution in [-0.2, 0) is 16.0 Å². The van der Waals surface area contributed by atoms with Gasteiger partial charge in [-0.3, -0.25) is 4.79 Å². The second-order valence-corrected chi connectivity index (χ2v) is 6.56. The molecule has 0 heterocycles. The zero-order valence-electron chi connectivity index (χ0n) is 14.3. The fourth-order valence-electron chi connectivity index (χ4n) is 1.92. The molecule has 4 N–H and O–H groups in total. The molecule has 0 radical (unpaired) electrons. The topological polar surface area (TPSA) is 93.4 Å². The summed E-state index contributed by atoms with van der Waals surface area (Å²) in [6, 6.07) is 8.97. The van der Waals surface area contributed by atoms with Gasteiger partial charge in [0.1, 0.15) is 11.6 Å². The number of hydrogen-bond acceptors (Lipinski definition) is 4. The maximum atomic E-state index is 12.0. The van der Waals surface area contributed by atoms with Crippen LogP contribution >= 0.6 is 0 Å². The van der Waals surface area contributed by atoms with E-state index >= 15 is 0 Å². The Morgan fingerprint density at radius 2 is 1.83 bits per heavy atom. The van der Waals surface area contributed by atoms with Crippen molar-refractivity contribution in [2.24, 2.45) is 5.73 Å². The van der Waals surface area contributed by atoms with Crippen LogP contribution in [0.15, 0.2) is 30.3 Å². The molecule has 0 fully saturated rings. The molecule has 2 amide bonds. The number of carbonyl (C=O) groups excluding carboxylic acids is 2. The third-order valence-corrected chi connectivity index (χ3v) is 3.01. The first kappa shape index (κ1) is 19.0. The van der Waals surface area contributed by atoms with Crippen molar-refractivity contribution < 1.29 is 14.3 Å². The van der Waals surface area contributed by atoms with Crippen molar-refractivity contribution in [1.82, 2.24) is 10.6 Å². The maximum Gasteiger partial charge on any atom is 0.408 e. The summed E-state index contributed by atoms with van der Waals surface area (Å²) in [5, 5.41) is 5.23. The van der Waals surface area contributed by atoms with E-state index in [1.807, 2.05) is 30.3 Å². The number of hydrogen-bond donors (Lipinski definition) is 3. The highest BCUT2D eigenvalue weighted by Gasteiger charge is 2.21. The zero-order chi connectivity index (χ0) is 17.5. The Labute approximate surface area is 137 Å². The second kappa shape index (κ2) is 8.53. The number of alkyl carbamates (subject to hydrolysis) is 1. The van der Waals surface area contributed by atoms with E-state index in [2.05, 4.69) is 10.6 Å². The Balaban J connectivity index is 2.33. The van der Waals surface area contributed by atoms with Crippen LogP contribution in [0.4, 0.5) is 4.79 Å². The Kier molecular flexibility index (Phi) is 7.03. The lowest BCUT2D eigenvalue weighted by Crippen LogP contribution is -2.49. The third kappa shape index (κ3) is 8.21. The third-order valence-electron chi connectivity index (χ3n) is 3.01. The lowest BCUT2D eigenvalue weighted by atomic mass is 10.1. The van der Waals surface area contributed by atoms with Crippen molar-refractivity contribution in [2.75, 3.05) is 6.54 Å². The molecule has 0 aliphatic heterocycles. The van der Waals surface area contributed by atoms with Gasteiger partial charge in [0.2, 0.25) is 5.91 Å². The highest BCUT2D eigenvalue weighted by molar-refractivity contribution is 5.85. The van der Waals surface area contributed by atoms with Gasteiger partial charge in [0.15, 0.2) is 0 Å². The summed E-state index contributed by atoms with van der Waals surface area (Å²) in [7, 11) is 0. The lowest BCUT2D eigenvalue weighted by molar-refractivity contribution is -0.122. The highest BCUT2D eigenvalue weighted by atomic mass is 16.6. The normalized spacial score (nSPS) is 13.8. The van der Waals surface area contributed by atoms with Crippen LogP contribution in [0.25, 0.3) is 0 Å². The Morgan fingerprint density at radius 1 is 1.22 bits per heavy atom. The average Bonchev–Trinajstić information content (AvgIpc) is 2.43. The minimum Gasteiger partial charge on any atom is -0.444 e. The van der Waals surface area contributed by atoms with E-state index in [0.29, 0.717) is 13.0 Å². The van der Waals surface area contributed by atoms with E-state index in [-0.39, 0.29) is 11.9 Å². The monoisotopic (exact) mass is 321 g/mol. The van der Waals surface area contributed by atoms with Crippen LogP contribution in [0, 0.1) is 0 Å². The molecular weight excluding hydrogens is 294 g/mol. The quantitative estimate of drug-likeness (QED) is 0.741. The summed E-state index contributed by atoms with van der Waals surface area (Å²) < 4.78 is 5.11. The molecular formula is C17H27N3O3. The molecule has 23 heavy (non-hydrogen) atoms. The SMILES string of the molecule is C[C@@H](NC(=O)OC(C)(C)C)C(=O)NC[C@@H](N)Cc1ccccc1. The van der Waals surface area contributed by atoms with Gasteiger partial charge < -0.3 is 21.1 Å². The van der Waals surface area contributed by atoms with Crippen LogP contribution in [0.2, 0.25) is 0 Å². The van der Waals surface area contributed by atoms with Gasteiger partial charge in [-0.25, -0.2) is 4.79 Å². The predicted molar refractivity (Wildman–Crippen MR) is 90.0 cm³/mol. The Bertz CT molecular complexity index is 512. The van der Waals surface area contributed by atoms with Crippen molar-refractivity contribution in [3.05, 3.63) is 35.9 Å². The summed E-state index contributed by atoms with van der Waals surface area (Å²) >= 11 is 0. The highest BCUT2D eigenvalue weighted by Crippen LogP contribution is 2.06. The molecule has 2 atom stereocenters. The molecule has 0 saturated carbocycles. The zero-order valence-corrected chi connectivity index (χ0v) is 14.3. The van der Waals surface area contributed by atoms with Gasteiger partial charge in [-0.2, -0.15) is 0 Å². The summed E-state index contributed by atoms with van der Waals surface area (Å²) in [5.74, 6) is -0.292. The molecule has 0 aliphatic carbocycles. The van der Waals surface area contributed by atoms with Gasteiger partial charge in [-0.15, -0.1) is 0 Å². The number of amides is 2. The summed E-state index contributed by atoms with van der Waals surface area (Å²) in [6.45, 7) is 7.23. The smallest absolute Gasteiger partial charge is 0.408 e. The molecule has 0 spiro atoms. The summed E-state index contributed by atoms with van der Waals surface area (Å²) in [5.41, 5.74) is 6.53.